The number of unbranched alkanes of at least 4 members (excludes halogenated alkanes) is 2. The first-order valence-electron chi connectivity index (χ1n) is 10.9. The smallest absolute Gasteiger partial charge is 0.407 e. The van der Waals surface area contributed by atoms with Gasteiger partial charge in [-0.2, -0.15) is 0 Å². The van der Waals surface area contributed by atoms with Crippen LogP contribution in [0.2, 0.25) is 0 Å². The fourth-order valence-electron chi connectivity index (χ4n) is 1.77. The summed E-state index contributed by atoms with van der Waals surface area (Å²) >= 11 is 0. The number of amides is 2. The number of alkyl carbamates (subject to hydrolysis) is 2. The van der Waals surface area contributed by atoms with Crippen molar-refractivity contribution < 1.29 is 38.1 Å². The summed E-state index contributed by atoms with van der Waals surface area (Å²) in [5.74, 6) is 9.33. The monoisotopic (exact) mass is 476 g/mol. The van der Waals surface area contributed by atoms with Gasteiger partial charge in [0.2, 0.25) is 0 Å². The van der Waals surface area contributed by atoms with Crippen LogP contribution in [-0.4, -0.2) is 63.6 Å². The lowest BCUT2D eigenvalue weighted by Crippen LogP contribution is -2.31. The summed E-state index contributed by atoms with van der Waals surface area (Å²) in [4.78, 5) is 45.4. The first-order valence-corrected chi connectivity index (χ1v) is 10.9. The number of hydrogen-bond donors (Lipinski definition) is 2. The van der Waals surface area contributed by atoms with Crippen molar-refractivity contribution in [2.24, 2.45) is 0 Å². The topological polar surface area (TPSA) is 129 Å². The molecule has 10 nitrogen and oxygen atoms in total. The lowest BCUT2D eigenvalue weighted by molar-refractivity contribution is -0.143. The maximum absolute atomic E-state index is 11.4. The summed E-state index contributed by atoms with van der Waals surface area (Å²) in [6.07, 6.45) is 7.84. The van der Waals surface area contributed by atoms with Gasteiger partial charge in [0.1, 0.15) is 26.3 Å². The molecule has 0 radical (unpaired) electrons. The molecule has 0 aliphatic rings. The normalized spacial score (nSPS) is 9.82. The Balaban J connectivity index is 3.85. The molecule has 0 rings (SSSR count). The first kappa shape index (κ1) is 30.1. The molecule has 2 N–H and O–H groups in total. The zero-order chi connectivity index (χ0) is 25.3. The van der Waals surface area contributed by atoms with Crippen molar-refractivity contribution >= 4 is 24.1 Å². The van der Waals surface area contributed by atoms with E-state index in [-0.39, 0.29) is 26.3 Å². The minimum atomic E-state index is -0.738. The number of nitrogens with one attached hydrogen (secondary N) is 2. The molecule has 186 valence electrons. The van der Waals surface area contributed by atoms with E-state index in [0.717, 1.165) is 25.7 Å². The summed E-state index contributed by atoms with van der Waals surface area (Å²) in [7, 11) is 0. The molecule has 0 aliphatic carbocycles. The van der Waals surface area contributed by atoms with E-state index in [0.29, 0.717) is 13.2 Å². The Morgan fingerprint density at radius 2 is 1.09 bits per heavy atom. The van der Waals surface area contributed by atoms with E-state index in [2.05, 4.69) is 34.3 Å². The molecular weight excluding hydrogens is 444 g/mol. The fraction of sp³-hybridized carbons (Fsp3) is 0.500. The average Bonchev–Trinajstić information content (AvgIpc) is 2.82. The Morgan fingerprint density at radius 3 is 1.47 bits per heavy atom. The van der Waals surface area contributed by atoms with E-state index < -0.39 is 24.1 Å². The number of carbonyl (C=O) groups is 4. The highest BCUT2D eigenvalue weighted by Crippen LogP contribution is 1.89. The van der Waals surface area contributed by atoms with Gasteiger partial charge in [-0.3, -0.25) is 9.59 Å². The molecule has 0 atom stereocenters. The second kappa shape index (κ2) is 22.3. The number of esters is 2. The predicted octanol–water partition coefficient (Wildman–Crippen LogP) is 2.24. The summed E-state index contributed by atoms with van der Waals surface area (Å²) in [6, 6.07) is 0. The van der Waals surface area contributed by atoms with Crippen molar-refractivity contribution in [2.75, 3.05) is 39.5 Å². The van der Waals surface area contributed by atoms with Crippen molar-refractivity contribution in [1.29, 1.82) is 0 Å². The van der Waals surface area contributed by atoms with E-state index in [1.165, 1.54) is 24.3 Å². The second-order valence-corrected chi connectivity index (χ2v) is 6.40. The summed E-state index contributed by atoms with van der Waals surface area (Å²) in [6.45, 7) is 4.07. The third kappa shape index (κ3) is 21.3. The first-order chi connectivity index (χ1) is 16.5. The fourth-order valence-corrected chi connectivity index (χ4v) is 1.77. The number of carbonyl (C=O) groups excluding carboxylic acids is 4. The Morgan fingerprint density at radius 1 is 0.676 bits per heavy atom. The molecule has 0 saturated heterocycles. The van der Waals surface area contributed by atoms with Crippen LogP contribution in [0.4, 0.5) is 9.59 Å². The highest BCUT2D eigenvalue weighted by Gasteiger charge is 2.07. The van der Waals surface area contributed by atoms with Gasteiger partial charge in [-0.15, -0.1) is 0 Å². The van der Waals surface area contributed by atoms with Gasteiger partial charge in [-0.25, -0.2) is 9.59 Å². The van der Waals surface area contributed by atoms with Crippen molar-refractivity contribution in [1.82, 2.24) is 10.6 Å². The standard InChI is InChI=1S/C24H32N2O8/c1-3-5-15-31-21(27)19-25-23(29)33-17-13-11-9-7-8-10-12-14-18-34-24(30)26-20-22(28)32-16-6-4-2/h11-14H,3-6,15-20H2,1-2H3,(H,25,29)(H,26,30)/b13-11+,14-12+. The van der Waals surface area contributed by atoms with Crippen LogP contribution < -0.4 is 10.6 Å². The molecular formula is C24H32N2O8. The average molecular weight is 477 g/mol. The minimum Gasteiger partial charge on any atom is -0.464 e. The third-order valence-electron chi connectivity index (χ3n) is 3.51. The minimum absolute atomic E-state index is 0.0193. The van der Waals surface area contributed by atoms with Crippen molar-refractivity contribution in [3.63, 3.8) is 0 Å². The summed E-state index contributed by atoms with van der Waals surface area (Å²) in [5, 5.41) is 4.56. The Labute approximate surface area is 200 Å². The SMILES string of the molecule is CCCCOC(=O)CNC(=O)OC/C=C/C#CC#C/C=C/COC(=O)NCC(=O)OCCCC. The molecule has 0 unspecified atom stereocenters. The van der Waals surface area contributed by atoms with Crippen LogP contribution in [0.3, 0.4) is 0 Å². The lowest BCUT2D eigenvalue weighted by atomic mass is 10.4. The van der Waals surface area contributed by atoms with Gasteiger partial charge in [0.25, 0.3) is 0 Å². The zero-order valence-electron chi connectivity index (χ0n) is 19.6. The number of ether oxygens (including phenoxy) is 4. The Hall–Kier alpha value is -3.92. The molecule has 34 heavy (non-hydrogen) atoms. The van der Waals surface area contributed by atoms with E-state index in [9.17, 15) is 19.2 Å². The van der Waals surface area contributed by atoms with Gasteiger partial charge in [0, 0.05) is 0 Å². The molecule has 2 amide bonds. The van der Waals surface area contributed by atoms with Crippen molar-refractivity contribution in [3.05, 3.63) is 24.3 Å². The number of allylic oxidation sites excluding steroid dienone is 2. The number of hydrogen-bond acceptors (Lipinski definition) is 8. The van der Waals surface area contributed by atoms with Crippen LogP contribution in [0, 0.1) is 23.7 Å². The molecule has 0 spiro atoms. The highest BCUT2D eigenvalue weighted by molar-refractivity contribution is 5.78. The molecule has 0 aromatic carbocycles. The molecule has 0 aromatic rings. The van der Waals surface area contributed by atoms with Gasteiger partial charge >= 0.3 is 24.1 Å². The zero-order valence-corrected chi connectivity index (χ0v) is 19.6. The van der Waals surface area contributed by atoms with Gasteiger partial charge in [0.05, 0.1) is 13.2 Å². The number of rotatable bonds is 14. The van der Waals surface area contributed by atoms with Gasteiger partial charge in [-0.1, -0.05) is 38.5 Å². The maximum atomic E-state index is 11.4. The van der Waals surface area contributed by atoms with Crippen molar-refractivity contribution in [3.8, 4) is 23.7 Å². The molecule has 0 bridgehead atoms. The third-order valence-corrected chi connectivity index (χ3v) is 3.51. The predicted molar refractivity (Wildman–Crippen MR) is 124 cm³/mol. The maximum Gasteiger partial charge on any atom is 0.407 e. The molecule has 10 heteroatoms. The molecule has 0 aromatic heterocycles. The van der Waals surface area contributed by atoms with Crippen LogP contribution in [0.5, 0.6) is 0 Å². The van der Waals surface area contributed by atoms with Crippen molar-refractivity contribution in [2.45, 2.75) is 39.5 Å². The molecule has 0 saturated carbocycles. The second-order valence-electron chi connectivity index (χ2n) is 6.40. The van der Waals surface area contributed by atoms with Crippen LogP contribution >= 0.6 is 0 Å². The lowest BCUT2D eigenvalue weighted by Gasteiger charge is -2.05. The summed E-state index contributed by atoms with van der Waals surface area (Å²) in [5.41, 5.74) is 0. The highest BCUT2D eigenvalue weighted by atomic mass is 16.6. The summed E-state index contributed by atoms with van der Waals surface area (Å²) < 4.78 is 19.4. The Kier molecular flexibility index (Phi) is 19.7. The van der Waals surface area contributed by atoms with Crippen LogP contribution in [0.25, 0.3) is 0 Å². The molecule has 0 heterocycles. The van der Waals surface area contributed by atoms with Gasteiger partial charge in [0.15, 0.2) is 0 Å². The van der Waals surface area contributed by atoms with Gasteiger partial charge in [-0.05, 0) is 49.0 Å². The van der Waals surface area contributed by atoms with Crippen LogP contribution in [0.15, 0.2) is 24.3 Å². The van der Waals surface area contributed by atoms with Gasteiger partial charge < -0.3 is 29.6 Å². The van der Waals surface area contributed by atoms with E-state index in [1.54, 1.807) is 0 Å². The van der Waals surface area contributed by atoms with E-state index in [4.69, 9.17) is 18.9 Å². The quantitative estimate of drug-likeness (QED) is 0.169. The van der Waals surface area contributed by atoms with E-state index >= 15 is 0 Å². The largest absolute Gasteiger partial charge is 0.464 e. The van der Waals surface area contributed by atoms with Crippen LogP contribution in [-0.2, 0) is 28.5 Å². The van der Waals surface area contributed by atoms with Crippen LogP contribution in [0.1, 0.15) is 39.5 Å². The van der Waals surface area contributed by atoms with E-state index in [1.807, 2.05) is 13.8 Å². The molecule has 0 fully saturated rings. The molecule has 0 aliphatic heterocycles. The Bertz CT molecular complexity index is 744.